The summed E-state index contributed by atoms with van der Waals surface area (Å²) >= 11 is 1.71. The summed E-state index contributed by atoms with van der Waals surface area (Å²) in [4.78, 5) is 13.4. The fourth-order valence-electron chi connectivity index (χ4n) is 4.81. The maximum absolute atomic E-state index is 14.3. The van der Waals surface area contributed by atoms with Crippen molar-refractivity contribution in [3.63, 3.8) is 0 Å². The lowest BCUT2D eigenvalue weighted by molar-refractivity contribution is 0.637. The fourth-order valence-corrected chi connectivity index (χ4v) is 5.93. The molecule has 6 heteroatoms. The van der Waals surface area contributed by atoms with Crippen molar-refractivity contribution in [3.05, 3.63) is 89.6 Å². The van der Waals surface area contributed by atoms with Gasteiger partial charge in [-0.2, -0.15) is 0 Å². The van der Waals surface area contributed by atoms with Gasteiger partial charge in [0.1, 0.15) is 18.0 Å². The van der Waals surface area contributed by atoms with Gasteiger partial charge in [-0.1, -0.05) is 48.5 Å². The van der Waals surface area contributed by atoms with Crippen molar-refractivity contribution < 1.29 is 4.39 Å². The largest absolute Gasteiger partial charge is 0.368 e. The molecule has 0 amide bonds. The minimum Gasteiger partial charge on any atom is -0.368 e. The van der Waals surface area contributed by atoms with E-state index in [1.165, 1.54) is 27.3 Å². The van der Waals surface area contributed by atoms with Crippen LogP contribution in [0, 0.1) is 19.7 Å². The molecule has 0 spiro atoms. The van der Waals surface area contributed by atoms with Crippen LogP contribution in [0.15, 0.2) is 67.0 Å². The van der Waals surface area contributed by atoms with Gasteiger partial charge in [0.25, 0.3) is 0 Å². The molecule has 3 heterocycles. The summed E-state index contributed by atoms with van der Waals surface area (Å²) in [5.41, 5.74) is 5.97. The number of H-pyrrole nitrogens is 1. The van der Waals surface area contributed by atoms with Crippen LogP contribution in [0.25, 0.3) is 42.3 Å². The number of hydrogen-bond donors (Lipinski definition) is 2. The Kier molecular flexibility index (Phi) is 5.03. The number of aromatic amines is 1. The van der Waals surface area contributed by atoms with E-state index in [0.717, 1.165) is 44.7 Å². The number of hydrogen-bond acceptors (Lipinski definition) is 4. The summed E-state index contributed by atoms with van der Waals surface area (Å²) in [5.74, 6) is 0.627. The highest BCUT2D eigenvalue weighted by Crippen LogP contribution is 2.38. The molecule has 0 atom stereocenters. The van der Waals surface area contributed by atoms with Crippen molar-refractivity contribution in [2.24, 2.45) is 0 Å². The average molecular weight is 467 g/mol. The lowest BCUT2D eigenvalue weighted by Gasteiger charge is -2.08. The van der Waals surface area contributed by atoms with Crippen LogP contribution in [0.1, 0.15) is 16.8 Å². The van der Waals surface area contributed by atoms with Gasteiger partial charge in [0.15, 0.2) is 0 Å². The maximum atomic E-state index is 14.3. The molecular formula is C28H23FN4S. The summed E-state index contributed by atoms with van der Waals surface area (Å²) in [5, 5.41) is 6.95. The quantitative estimate of drug-likeness (QED) is 0.278. The van der Waals surface area contributed by atoms with Crippen LogP contribution in [0.4, 0.5) is 10.2 Å². The molecule has 0 saturated heterocycles. The molecule has 0 aliphatic carbocycles. The van der Waals surface area contributed by atoms with Crippen molar-refractivity contribution in [1.82, 2.24) is 15.0 Å². The first kappa shape index (κ1) is 20.8. The van der Waals surface area contributed by atoms with Crippen molar-refractivity contribution in [1.29, 1.82) is 0 Å². The van der Waals surface area contributed by atoms with Gasteiger partial charge >= 0.3 is 0 Å². The molecule has 0 saturated carbocycles. The number of aryl methyl sites for hydroxylation is 2. The zero-order chi connectivity index (χ0) is 23.2. The molecule has 0 aliphatic heterocycles. The Morgan fingerprint density at radius 3 is 2.76 bits per heavy atom. The van der Waals surface area contributed by atoms with E-state index in [1.54, 1.807) is 17.7 Å². The lowest BCUT2D eigenvalue weighted by atomic mass is 10.0. The molecule has 2 N–H and O–H groups in total. The summed E-state index contributed by atoms with van der Waals surface area (Å²) in [6.07, 6.45) is 2.38. The smallest absolute Gasteiger partial charge is 0.147 e. The third kappa shape index (κ3) is 3.42. The highest BCUT2D eigenvalue weighted by Gasteiger charge is 2.15. The Labute approximate surface area is 200 Å². The lowest BCUT2D eigenvalue weighted by Crippen LogP contribution is -2.07. The van der Waals surface area contributed by atoms with Gasteiger partial charge in [0.05, 0.1) is 15.7 Å². The van der Waals surface area contributed by atoms with E-state index in [-0.39, 0.29) is 5.82 Å². The first-order chi connectivity index (χ1) is 16.6. The predicted molar refractivity (Wildman–Crippen MR) is 140 cm³/mol. The molecular weight excluding hydrogens is 443 g/mol. The molecule has 3 aromatic heterocycles. The van der Waals surface area contributed by atoms with Crippen LogP contribution in [0.5, 0.6) is 0 Å². The van der Waals surface area contributed by atoms with E-state index in [1.807, 2.05) is 19.9 Å². The number of nitrogens with one attached hydrogen (secondary N) is 2. The normalized spacial score (nSPS) is 11.6. The zero-order valence-electron chi connectivity index (χ0n) is 18.9. The van der Waals surface area contributed by atoms with Crippen molar-refractivity contribution in [2.45, 2.75) is 20.3 Å². The van der Waals surface area contributed by atoms with Crippen molar-refractivity contribution in [3.8, 4) is 10.4 Å². The zero-order valence-corrected chi connectivity index (χ0v) is 19.8. The first-order valence-corrected chi connectivity index (χ1v) is 12.1. The monoisotopic (exact) mass is 466 g/mol. The van der Waals surface area contributed by atoms with E-state index >= 15 is 0 Å². The van der Waals surface area contributed by atoms with Crippen LogP contribution in [-0.2, 0) is 6.42 Å². The third-order valence-corrected chi connectivity index (χ3v) is 7.63. The van der Waals surface area contributed by atoms with Gasteiger partial charge in [-0.15, -0.1) is 11.3 Å². The van der Waals surface area contributed by atoms with Crippen LogP contribution < -0.4 is 5.32 Å². The molecule has 4 nitrogen and oxygen atoms in total. The number of rotatable bonds is 5. The highest BCUT2D eigenvalue weighted by atomic mass is 32.1. The Balaban J connectivity index is 1.31. The van der Waals surface area contributed by atoms with Gasteiger partial charge in [0.2, 0.25) is 0 Å². The maximum Gasteiger partial charge on any atom is 0.147 e. The third-order valence-electron chi connectivity index (χ3n) is 6.46. The molecule has 6 aromatic rings. The van der Waals surface area contributed by atoms with Crippen LogP contribution in [0.3, 0.4) is 0 Å². The van der Waals surface area contributed by atoms with Gasteiger partial charge in [-0.3, -0.25) is 0 Å². The number of thiophene rings is 1. The predicted octanol–water partition coefficient (Wildman–Crippen LogP) is 7.40. The van der Waals surface area contributed by atoms with Gasteiger partial charge in [-0.05, 0) is 59.9 Å². The summed E-state index contributed by atoms with van der Waals surface area (Å²) in [7, 11) is 0. The highest BCUT2D eigenvalue weighted by molar-refractivity contribution is 7.22. The average Bonchev–Trinajstić information content (AvgIpc) is 3.43. The molecule has 0 bridgehead atoms. The molecule has 0 fully saturated rings. The Morgan fingerprint density at radius 2 is 1.85 bits per heavy atom. The summed E-state index contributed by atoms with van der Waals surface area (Å²) < 4.78 is 15.3. The minimum atomic E-state index is -0.208. The molecule has 34 heavy (non-hydrogen) atoms. The van der Waals surface area contributed by atoms with E-state index in [2.05, 4.69) is 68.8 Å². The standard InChI is InChI=1S/C28H23FN4S/c1-16-10-11-22(29)26-25(16)19(17(2)33-26)12-13-30-28-27-23(31-15-32-28)14-24(34-27)21-9-5-7-18-6-3-4-8-20(18)21/h3-11,14-15,33H,12-13H2,1-2H3,(H,30,31,32). The molecule has 6 rings (SSSR count). The number of halogens is 1. The van der Waals surface area contributed by atoms with E-state index in [9.17, 15) is 4.39 Å². The topological polar surface area (TPSA) is 53.6 Å². The van der Waals surface area contributed by atoms with E-state index < -0.39 is 0 Å². The summed E-state index contributed by atoms with van der Waals surface area (Å²) in [6.45, 7) is 4.73. The number of fused-ring (bicyclic) bond motifs is 3. The SMILES string of the molecule is Cc1[nH]c2c(F)ccc(C)c2c1CCNc1ncnc2cc(-c3cccc4ccccc34)sc12. The van der Waals surface area contributed by atoms with E-state index in [0.29, 0.717) is 12.1 Å². The second-order valence-electron chi connectivity index (χ2n) is 8.59. The second-order valence-corrected chi connectivity index (χ2v) is 9.65. The molecule has 0 unspecified atom stereocenters. The molecule has 0 aliphatic rings. The van der Waals surface area contributed by atoms with E-state index in [4.69, 9.17) is 0 Å². The van der Waals surface area contributed by atoms with Gasteiger partial charge in [0, 0.05) is 22.5 Å². The molecule has 168 valence electrons. The number of benzene rings is 3. The fraction of sp³-hybridized carbons (Fsp3) is 0.143. The van der Waals surface area contributed by atoms with Crippen molar-refractivity contribution >= 4 is 49.0 Å². The second kappa shape index (κ2) is 8.22. The number of anilines is 1. The van der Waals surface area contributed by atoms with Crippen LogP contribution in [0.2, 0.25) is 0 Å². The number of nitrogens with zero attached hydrogens (tertiary/aromatic N) is 2. The Hall–Kier alpha value is -3.77. The Bertz CT molecular complexity index is 1680. The van der Waals surface area contributed by atoms with Crippen molar-refractivity contribution in [2.75, 3.05) is 11.9 Å². The first-order valence-electron chi connectivity index (χ1n) is 11.3. The summed E-state index contributed by atoms with van der Waals surface area (Å²) in [6, 6.07) is 20.4. The molecule has 3 aromatic carbocycles. The van der Waals surface area contributed by atoms with Crippen LogP contribution >= 0.6 is 11.3 Å². The van der Waals surface area contributed by atoms with Crippen LogP contribution in [-0.4, -0.2) is 21.5 Å². The molecule has 0 radical (unpaired) electrons. The van der Waals surface area contributed by atoms with Gasteiger partial charge in [-0.25, -0.2) is 14.4 Å². The Morgan fingerprint density at radius 1 is 1.00 bits per heavy atom. The number of aromatic nitrogens is 3. The van der Waals surface area contributed by atoms with Gasteiger partial charge < -0.3 is 10.3 Å². The minimum absolute atomic E-state index is 0.208.